The number of thiophene rings is 1. The predicted molar refractivity (Wildman–Crippen MR) is 70.2 cm³/mol. The summed E-state index contributed by atoms with van der Waals surface area (Å²) in [5.74, 6) is -1.78. The Balaban J connectivity index is 2.33. The number of ether oxygens (including phenoxy) is 1. The van der Waals surface area contributed by atoms with Crippen LogP contribution in [0.3, 0.4) is 0 Å². The van der Waals surface area contributed by atoms with Crippen LogP contribution in [0, 0.1) is 0 Å². The van der Waals surface area contributed by atoms with E-state index in [-0.39, 0.29) is 16.3 Å². The molecule has 0 saturated carbocycles. The third kappa shape index (κ3) is 2.56. The van der Waals surface area contributed by atoms with Crippen LogP contribution < -0.4 is 0 Å². The second-order valence-electron chi connectivity index (χ2n) is 4.26. The first-order valence-corrected chi connectivity index (χ1v) is 8.11. The smallest absolute Gasteiger partial charge is 0.338 e. The molecule has 1 aromatic rings. The van der Waals surface area contributed by atoms with Crippen molar-refractivity contribution in [3.05, 3.63) is 17.0 Å². The Labute approximate surface area is 119 Å². The van der Waals surface area contributed by atoms with Crippen molar-refractivity contribution in [1.82, 2.24) is 4.31 Å². The molecule has 110 valence electrons. The molecule has 7 nitrogen and oxygen atoms in total. The van der Waals surface area contributed by atoms with Crippen molar-refractivity contribution < 1.29 is 27.9 Å². The molecular weight excluding hydrogens is 306 g/mol. The molecule has 1 saturated heterocycles. The third-order valence-corrected chi connectivity index (χ3v) is 6.37. The number of nitrogens with zero attached hydrogens (tertiary/aromatic N) is 1. The van der Waals surface area contributed by atoms with Gasteiger partial charge in [0.15, 0.2) is 0 Å². The first-order chi connectivity index (χ1) is 9.37. The number of carbonyl (C=O) groups is 2. The molecule has 0 aliphatic carbocycles. The highest BCUT2D eigenvalue weighted by molar-refractivity contribution is 7.91. The molecule has 0 aromatic carbocycles. The van der Waals surface area contributed by atoms with E-state index in [4.69, 9.17) is 5.11 Å². The summed E-state index contributed by atoms with van der Waals surface area (Å²) in [6.07, 6.45) is 0.801. The summed E-state index contributed by atoms with van der Waals surface area (Å²) in [6, 6.07) is 0.173. The average Bonchev–Trinajstić information content (AvgIpc) is 3.06. The number of esters is 1. The van der Waals surface area contributed by atoms with Crippen LogP contribution in [0.2, 0.25) is 0 Å². The Kier molecular flexibility index (Phi) is 4.11. The lowest BCUT2D eigenvalue weighted by Gasteiger charge is -2.19. The number of hydrogen-bond donors (Lipinski definition) is 1. The minimum Gasteiger partial charge on any atom is -0.480 e. The van der Waals surface area contributed by atoms with Gasteiger partial charge in [0.25, 0.3) is 10.0 Å². The quantitative estimate of drug-likeness (QED) is 0.823. The van der Waals surface area contributed by atoms with E-state index in [9.17, 15) is 18.0 Å². The van der Waals surface area contributed by atoms with Gasteiger partial charge in [-0.15, -0.1) is 11.3 Å². The van der Waals surface area contributed by atoms with Gasteiger partial charge in [0.1, 0.15) is 10.3 Å². The second kappa shape index (κ2) is 5.51. The number of aliphatic carboxylic acids is 1. The highest BCUT2D eigenvalue weighted by Gasteiger charge is 2.40. The molecule has 1 aliphatic heterocycles. The van der Waals surface area contributed by atoms with Crippen molar-refractivity contribution in [2.75, 3.05) is 13.7 Å². The van der Waals surface area contributed by atoms with Crippen LogP contribution in [-0.2, 0) is 19.6 Å². The lowest BCUT2D eigenvalue weighted by atomic mass is 10.2. The van der Waals surface area contributed by atoms with Crippen LogP contribution >= 0.6 is 11.3 Å². The van der Waals surface area contributed by atoms with Gasteiger partial charge in [0, 0.05) is 11.9 Å². The number of carboxylic acids is 1. The van der Waals surface area contributed by atoms with Crippen molar-refractivity contribution in [2.24, 2.45) is 0 Å². The number of sulfonamides is 1. The van der Waals surface area contributed by atoms with Crippen LogP contribution in [0.1, 0.15) is 23.2 Å². The van der Waals surface area contributed by atoms with E-state index in [1.54, 1.807) is 0 Å². The zero-order valence-corrected chi connectivity index (χ0v) is 12.2. The largest absolute Gasteiger partial charge is 0.480 e. The molecule has 1 aromatic heterocycles. The Hall–Kier alpha value is -1.45. The van der Waals surface area contributed by atoms with E-state index < -0.39 is 28.0 Å². The van der Waals surface area contributed by atoms with Crippen LogP contribution in [-0.4, -0.2) is 49.5 Å². The fourth-order valence-corrected chi connectivity index (χ4v) is 4.99. The highest BCUT2D eigenvalue weighted by Crippen LogP contribution is 2.30. The van der Waals surface area contributed by atoms with Crippen LogP contribution in [0.15, 0.2) is 15.7 Å². The predicted octanol–water partition coefficient (Wildman–Crippen LogP) is 0.772. The van der Waals surface area contributed by atoms with Gasteiger partial charge < -0.3 is 9.84 Å². The Morgan fingerprint density at radius 1 is 1.50 bits per heavy atom. The molecule has 9 heteroatoms. The number of carboxylic acid groups (broad SMARTS) is 1. The topological polar surface area (TPSA) is 101 Å². The maximum atomic E-state index is 12.4. The average molecular weight is 319 g/mol. The van der Waals surface area contributed by atoms with E-state index in [1.165, 1.54) is 18.6 Å². The van der Waals surface area contributed by atoms with Gasteiger partial charge >= 0.3 is 11.9 Å². The zero-order chi connectivity index (χ0) is 14.9. The first-order valence-electron chi connectivity index (χ1n) is 5.79. The Morgan fingerprint density at radius 3 is 2.80 bits per heavy atom. The fraction of sp³-hybridized carbons (Fsp3) is 0.455. The van der Waals surface area contributed by atoms with E-state index in [1.807, 2.05) is 0 Å². The standard InChI is InChI=1S/C11H13NO6S2/c1-18-11(15)7-5-9(19-6-7)20(16,17)12-4-2-3-8(12)10(13)14/h5-6,8H,2-4H2,1H3,(H,13,14)/t8-/m1/s1. The fourth-order valence-electron chi connectivity index (χ4n) is 2.07. The molecule has 0 bridgehead atoms. The van der Waals surface area contributed by atoms with Gasteiger partial charge in [-0.2, -0.15) is 4.31 Å². The Morgan fingerprint density at radius 2 is 2.20 bits per heavy atom. The summed E-state index contributed by atoms with van der Waals surface area (Å²) in [7, 11) is -2.69. The van der Waals surface area contributed by atoms with Gasteiger partial charge in [0.2, 0.25) is 0 Å². The number of rotatable bonds is 4. The van der Waals surface area contributed by atoms with Crippen molar-refractivity contribution in [1.29, 1.82) is 0 Å². The SMILES string of the molecule is COC(=O)c1csc(S(=O)(=O)N2CCC[C@@H]2C(=O)O)c1. The van der Waals surface area contributed by atoms with Crippen molar-refractivity contribution in [3.8, 4) is 0 Å². The molecule has 0 amide bonds. The molecule has 0 spiro atoms. The van der Waals surface area contributed by atoms with Gasteiger partial charge in [-0.25, -0.2) is 13.2 Å². The summed E-state index contributed by atoms with van der Waals surface area (Å²) >= 11 is 0.877. The van der Waals surface area contributed by atoms with Crippen molar-refractivity contribution in [2.45, 2.75) is 23.1 Å². The van der Waals surface area contributed by atoms with Gasteiger partial charge in [0.05, 0.1) is 12.7 Å². The highest BCUT2D eigenvalue weighted by atomic mass is 32.2. The monoisotopic (exact) mass is 319 g/mol. The van der Waals surface area contributed by atoms with Crippen LogP contribution in [0.25, 0.3) is 0 Å². The molecule has 1 N–H and O–H groups in total. The van der Waals surface area contributed by atoms with E-state index in [2.05, 4.69) is 4.74 Å². The third-order valence-electron chi connectivity index (χ3n) is 3.05. The summed E-state index contributed by atoms with van der Waals surface area (Å²) in [5, 5.41) is 10.4. The normalized spacial score (nSPS) is 19.9. The van der Waals surface area contributed by atoms with E-state index in [0.717, 1.165) is 15.6 Å². The second-order valence-corrected chi connectivity index (χ2v) is 7.29. The molecule has 1 atom stereocenters. The molecule has 2 rings (SSSR count). The zero-order valence-electron chi connectivity index (χ0n) is 10.6. The maximum Gasteiger partial charge on any atom is 0.338 e. The number of carbonyl (C=O) groups excluding carboxylic acids is 1. The van der Waals surface area contributed by atoms with E-state index >= 15 is 0 Å². The van der Waals surface area contributed by atoms with Gasteiger partial charge in [-0.05, 0) is 18.9 Å². The van der Waals surface area contributed by atoms with E-state index in [0.29, 0.717) is 12.8 Å². The minimum atomic E-state index is -3.89. The van der Waals surface area contributed by atoms with Crippen LogP contribution in [0.5, 0.6) is 0 Å². The molecule has 1 aliphatic rings. The summed E-state index contributed by atoms with van der Waals surface area (Å²) < 4.78 is 30.2. The number of methoxy groups -OCH3 is 1. The molecule has 0 radical (unpaired) electrons. The lowest BCUT2D eigenvalue weighted by Crippen LogP contribution is -2.40. The first kappa shape index (κ1) is 14.9. The maximum absolute atomic E-state index is 12.4. The molecule has 2 heterocycles. The van der Waals surface area contributed by atoms with Crippen molar-refractivity contribution in [3.63, 3.8) is 0 Å². The molecule has 20 heavy (non-hydrogen) atoms. The summed E-state index contributed by atoms with van der Waals surface area (Å²) in [4.78, 5) is 22.4. The molecule has 0 unspecified atom stereocenters. The van der Waals surface area contributed by atoms with Crippen LogP contribution in [0.4, 0.5) is 0 Å². The van der Waals surface area contributed by atoms with Gasteiger partial charge in [-0.1, -0.05) is 0 Å². The lowest BCUT2D eigenvalue weighted by molar-refractivity contribution is -0.140. The number of hydrogen-bond acceptors (Lipinski definition) is 6. The molecular formula is C11H13NO6S2. The van der Waals surface area contributed by atoms with Gasteiger partial charge in [-0.3, -0.25) is 4.79 Å². The Bertz CT molecular complexity index is 635. The molecule has 1 fully saturated rings. The summed E-state index contributed by atoms with van der Waals surface area (Å²) in [6.45, 7) is 0.171. The minimum absolute atomic E-state index is 0.0500. The van der Waals surface area contributed by atoms with Crippen molar-refractivity contribution >= 4 is 33.3 Å². The summed E-state index contributed by atoms with van der Waals surface area (Å²) in [5.41, 5.74) is 0.141.